The molecule has 2 heterocycles. The van der Waals surface area contributed by atoms with Gasteiger partial charge in [0.15, 0.2) is 5.69 Å². The smallest absolute Gasteiger partial charge is 0.272 e. The van der Waals surface area contributed by atoms with Crippen LogP contribution in [0.3, 0.4) is 0 Å². The summed E-state index contributed by atoms with van der Waals surface area (Å²) in [5, 5.41) is 3.50. The first kappa shape index (κ1) is 22.6. The lowest BCUT2D eigenvalue weighted by Gasteiger charge is -2.67. The average Bonchev–Trinajstić information content (AvgIpc) is 3.16. The van der Waals surface area contributed by atoms with E-state index in [1.54, 1.807) is 0 Å². The normalized spacial score (nSPS) is 28.7. The summed E-state index contributed by atoms with van der Waals surface area (Å²) < 4.78 is 2.29. The molecule has 5 rings (SSSR count). The molecule has 2 aromatic rings. The molecule has 1 amide bonds. The highest BCUT2D eigenvalue weighted by Gasteiger charge is 2.64. The topological polar surface area (TPSA) is 50.2 Å². The lowest BCUT2D eigenvalue weighted by molar-refractivity contribution is -0.156. The molecule has 2 aliphatic carbocycles. The Morgan fingerprint density at radius 3 is 2.64 bits per heavy atom. The largest absolute Gasteiger partial charge is 0.347 e. The Labute approximate surface area is 199 Å². The lowest BCUT2D eigenvalue weighted by atomic mass is 9.40. The Bertz CT molecular complexity index is 1020. The standard InChI is InChI=1S/C28H40N4O/c1-19(2)17-31-15-16-32-21(18-31)23(29-24(32)20-11-7-6-8-12-20)25(33)30-26-27(3,4)22-13-9-10-14-28(22,26)5/h6-8,11-12,19,22,26H,9-10,13-18H2,1-5H3,(H,30,33). The van der Waals surface area contributed by atoms with Crippen molar-refractivity contribution in [2.45, 2.75) is 79.4 Å². The van der Waals surface area contributed by atoms with Gasteiger partial charge in [-0.25, -0.2) is 4.98 Å². The molecule has 1 aliphatic heterocycles. The fourth-order valence-corrected chi connectivity index (χ4v) is 7.51. The Morgan fingerprint density at radius 1 is 1.15 bits per heavy atom. The third-order valence-corrected chi connectivity index (χ3v) is 8.79. The van der Waals surface area contributed by atoms with Gasteiger partial charge in [0.05, 0.1) is 5.69 Å². The first-order chi connectivity index (χ1) is 15.7. The average molecular weight is 449 g/mol. The maximum atomic E-state index is 13.8. The van der Waals surface area contributed by atoms with Gasteiger partial charge in [-0.2, -0.15) is 0 Å². The van der Waals surface area contributed by atoms with Gasteiger partial charge in [0.1, 0.15) is 5.82 Å². The zero-order valence-electron chi connectivity index (χ0n) is 21.0. The molecule has 1 aromatic heterocycles. The van der Waals surface area contributed by atoms with E-state index >= 15 is 0 Å². The van der Waals surface area contributed by atoms with Crippen molar-refractivity contribution in [3.8, 4) is 11.4 Å². The van der Waals surface area contributed by atoms with Crippen molar-refractivity contribution in [3.05, 3.63) is 41.7 Å². The number of aromatic nitrogens is 2. The third kappa shape index (κ3) is 3.73. The predicted molar refractivity (Wildman–Crippen MR) is 133 cm³/mol. The highest BCUT2D eigenvalue weighted by molar-refractivity contribution is 5.94. The zero-order chi connectivity index (χ0) is 23.4. The summed E-state index contributed by atoms with van der Waals surface area (Å²) in [5.74, 6) is 2.23. The minimum absolute atomic E-state index is 0.00986. The van der Waals surface area contributed by atoms with Gasteiger partial charge < -0.3 is 9.88 Å². The lowest BCUT2D eigenvalue weighted by Crippen LogP contribution is -2.71. The molecule has 1 aromatic carbocycles. The van der Waals surface area contributed by atoms with Crippen molar-refractivity contribution in [3.63, 3.8) is 0 Å². The van der Waals surface area contributed by atoms with Gasteiger partial charge in [0, 0.05) is 37.8 Å². The second kappa shape index (κ2) is 8.26. The molecule has 1 N–H and O–H groups in total. The van der Waals surface area contributed by atoms with Gasteiger partial charge in [-0.15, -0.1) is 0 Å². The highest BCUT2D eigenvalue weighted by atomic mass is 16.2. The molecule has 3 aliphatic rings. The molecular weight excluding hydrogens is 408 g/mol. The van der Waals surface area contributed by atoms with Crippen molar-refractivity contribution >= 4 is 5.91 Å². The van der Waals surface area contributed by atoms with Gasteiger partial charge in [0.25, 0.3) is 5.91 Å². The van der Waals surface area contributed by atoms with Gasteiger partial charge in [-0.3, -0.25) is 9.69 Å². The van der Waals surface area contributed by atoms with Crippen molar-refractivity contribution in [1.29, 1.82) is 0 Å². The van der Waals surface area contributed by atoms with E-state index in [0.717, 1.165) is 43.3 Å². The number of carbonyl (C=O) groups excluding carboxylic acids is 1. The number of rotatable bonds is 5. The maximum absolute atomic E-state index is 13.8. The second-order valence-corrected chi connectivity index (χ2v) is 11.9. The van der Waals surface area contributed by atoms with Crippen LogP contribution >= 0.6 is 0 Å². The first-order valence-corrected chi connectivity index (χ1v) is 12.9. The van der Waals surface area contributed by atoms with Crippen LogP contribution < -0.4 is 5.32 Å². The minimum atomic E-state index is 0.00986. The summed E-state index contributed by atoms with van der Waals surface area (Å²) in [6, 6.07) is 10.5. The van der Waals surface area contributed by atoms with Crippen LogP contribution in [0.25, 0.3) is 11.4 Å². The number of hydrogen-bond acceptors (Lipinski definition) is 3. The predicted octanol–water partition coefficient (Wildman–Crippen LogP) is 5.36. The molecule has 2 saturated carbocycles. The van der Waals surface area contributed by atoms with Crippen LogP contribution in [0, 0.1) is 22.7 Å². The summed E-state index contributed by atoms with van der Waals surface area (Å²) >= 11 is 0. The molecule has 178 valence electrons. The number of imidazole rings is 1. The fraction of sp³-hybridized carbons (Fsp3) is 0.643. The van der Waals surface area contributed by atoms with Crippen molar-refractivity contribution in [1.82, 2.24) is 19.8 Å². The Kier molecular flexibility index (Phi) is 5.67. The number of hydrogen-bond donors (Lipinski definition) is 1. The number of amides is 1. The summed E-state index contributed by atoms with van der Waals surface area (Å²) in [6.07, 6.45) is 5.10. The Hall–Kier alpha value is -2.14. The van der Waals surface area contributed by atoms with E-state index in [-0.39, 0.29) is 22.8 Å². The Morgan fingerprint density at radius 2 is 1.91 bits per heavy atom. The fourth-order valence-electron chi connectivity index (χ4n) is 7.51. The summed E-state index contributed by atoms with van der Waals surface area (Å²) in [7, 11) is 0. The number of nitrogens with one attached hydrogen (secondary N) is 1. The molecule has 0 spiro atoms. The van der Waals surface area contributed by atoms with Crippen LogP contribution in [0.15, 0.2) is 30.3 Å². The summed E-state index contributed by atoms with van der Waals surface area (Å²) in [5.41, 5.74) is 3.12. The summed E-state index contributed by atoms with van der Waals surface area (Å²) in [4.78, 5) is 21.2. The van der Waals surface area contributed by atoms with E-state index in [4.69, 9.17) is 4.98 Å². The van der Waals surface area contributed by atoms with E-state index in [1.807, 2.05) is 18.2 Å². The van der Waals surface area contributed by atoms with E-state index < -0.39 is 0 Å². The number of carbonyl (C=O) groups is 1. The number of benzene rings is 1. The molecule has 33 heavy (non-hydrogen) atoms. The molecule has 2 fully saturated rings. The monoisotopic (exact) mass is 448 g/mol. The molecule has 3 atom stereocenters. The molecule has 0 bridgehead atoms. The molecule has 5 heteroatoms. The number of nitrogens with zero attached hydrogens (tertiary/aromatic N) is 3. The van der Waals surface area contributed by atoms with Gasteiger partial charge in [-0.1, -0.05) is 77.8 Å². The molecule has 5 nitrogen and oxygen atoms in total. The van der Waals surface area contributed by atoms with E-state index in [2.05, 4.69) is 61.5 Å². The van der Waals surface area contributed by atoms with Crippen molar-refractivity contribution < 1.29 is 4.79 Å². The molecule has 3 unspecified atom stereocenters. The first-order valence-electron chi connectivity index (χ1n) is 12.9. The third-order valence-electron chi connectivity index (χ3n) is 8.79. The molecule has 0 radical (unpaired) electrons. The highest BCUT2D eigenvalue weighted by Crippen LogP contribution is 2.65. The SMILES string of the molecule is CC(C)CN1CCn2c(-c3ccccc3)nc(C(=O)NC3C(C)(C)C4CCCCC43C)c2C1. The van der Waals surface area contributed by atoms with Crippen molar-refractivity contribution in [2.75, 3.05) is 13.1 Å². The maximum Gasteiger partial charge on any atom is 0.272 e. The van der Waals surface area contributed by atoms with Crippen molar-refractivity contribution in [2.24, 2.45) is 22.7 Å². The van der Waals surface area contributed by atoms with Crippen LogP contribution in [0.4, 0.5) is 0 Å². The van der Waals surface area contributed by atoms with E-state index in [1.165, 1.54) is 25.7 Å². The van der Waals surface area contributed by atoms with E-state index in [0.29, 0.717) is 17.5 Å². The van der Waals surface area contributed by atoms with Crippen LogP contribution in [0.5, 0.6) is 0 Å². The quantitative estimate of drug-likeness (QED) is 0.670. The zero-order valence-corrected chi connectivity index (χ0v) is 21.0. The Balaban J connectivity index is 1.47. The second-order valence-electron chi connectivity index (χ2n) is 11.9. The van der Waals surface area contributed by atoms with Gasteiger partial charge in [0.2, 0.25) is 0 Å². The minimum Gasteiger partial charge on any atom is -0.347 e. The molecule has 0 saturated heterocycles. The van der Waals surface area contributed by atoms with Crippen LogP contribution in [-0.4, -0.2) is 39.5 Å². The number of fused-ring (bicyclic) bond motifs is 2. The van der Waals surface area contributed by atoms with Crippen LogP contribution in [-0.2, 0) is 13.1 Å². The van der Waals surface area contributed by atoms with Crippen LogP contribution in [0.1, 0.15) is 76.5 Å². The van der Waals surface area contributed by atoms with E-state index in [9.17, 15) is 4.79 Å². The summed E-state index contributed by atoms with van der Waals surface area (Å²) in [6.45, 7) is 15.3. The van der Waals surface area contributed by atoms with Gasteiger partial charge >= 0.3 is 0 Å². The van der Waals surface area contributed by atoms with Gasteiger partial charge in [-0.05, 0) is 35.5 Å². The molecular formula is C28H40N4O. The van der Waals surface area contributed by atoms with Crippen LogP contribution in [0.2, 0.25) is 0 Å².